The van der Waals surface area contributed by atoms with Crippen LogP contribution in [0.2, 0.25) is 0 Å². The van der Waals surface area contributed by atoms with Crippen molar-refractivity contribution < 1.29 is 9.53 Å². The van der Waals surface area contributed by atoms with Crippen molar-refractivity contribution in [3.05, 3.63) is 40.9 Å². The molecule has 0 aliphatic carbocycles. The molecule has 4 heteroatoms. The quantitative estimate of drug-likeness (QED) is 0.783. The molecular formula is C13H13NO2S. The second-order valence-electron chi connectivity index (χ2n) is 3.65. The van der Waals surface area contributed by atoms with Crippen LogP contribution in [-0.2, 0) is 16.0 Å². The smallest absolute Gasteiger partial charge is 0.310 e. The first kappa shape index (κ1) is 11.8. The first-order valence-corrected chi connectivity index (χ1v) is 6.11. The number of thiazole rings is 1. The third-order valence-electron chi connectivity index (χ3n) is 2.45. The summed E-state index contributed by atoms with van der Waals surface area (Å²) in [5.74, 6) is -0.226. The van der Waals surface area contributed by atoms with Gasteiger partial charge >= 0.3 is 5.97 Å². The van der Waals surface area contributed by atoms with Crippen LogP contribution >= 0.6 is 11.3 Å². The summed E-state index contributed by atoms with van der Waals surface area (Å²) in [6.45, 7) is 1.92. The molecule has 17 heavy (non-hydrogen) atoms. The van der Waals surface area contributed by atoms with Crippen LogP contribution in [-0.4, -0.2) is 18.1 Å². The van der Waals surface area contributed by atoms with Gasteiger partial charge in [-0.2, -0.15) is 0 Å². The molecule has 0 amide bonds. The molecule has 0 saturated heterocycles. The highest BCUT2D eigenvalue weighted by Crippen LogP contribution is 2.28. The monoisotopic (exact) mass is 247 g/mol. The molecule has 0 spiro atoms. The molecule has 2 aromatic rings. The molecule has 1 aromatic heterocycles. The fourth-order valence-electron chi connectivity index (χ4n) is 1.50. The van der Waals surface area contributed by atoms with Crippen LogP contribution in [0.25, 0.3) is 10.6 Å². The number of hydrogen-bond donors (Lipinski definition) is 0. The second kappa shape index (κ2) is 5.10. The van der Waals surface area contributed by atoms with Crippen molar-refractivity contribution in [2.24, 2.45) is 0 Å². The Labute approximate surface area is 104 Å². The molecule has 0 radical (unpaired) electrons. The summed E-state index contributed by atoms with van der Waals surface area (Å²) in [4.78, 5) is 16.7. The summed E-state index contributed by atoms with van der Waals surface area (Å²) in [6.07, 6.45) is 0.298. The van der Waals surface area contributed by atoms with E-state index in [1.54, 1.807) is 11.3 Å². The van der Waals surface area contributed by atoms with Gasteiger partial charge in [0.2, 0.25) is 0 Å². The predicted molar refractivity (Wildman–Crippen MR) is 68.0 cm³/mol. The van der Waals surface area contributed by atoms with Crippen molar-refractivity contribution in [1.82, 2.24) is 4.98 Å². The normalized spacial score (nSPS) is 10.2. The Bertz CT molecular complexity index is 519. The van der Waals surface area contributed by atoms with E-state index in [9.17, 15) is 4.79 Å². The van der Waals surface area contributed by atoms with Crippen molar-refractivity contribution in [3.8, 4) is 10.6 Å². The molecule has 2 rings (SSSR count). The highest BCUT2D eigenvalue weighted by molar-refractivity contribution is 7.15. The maximum absolute atomic E-state index is 11.2. The van der Waals surface area contributed by atoms with E-state index < -0.39 is 0 Å². The van der Waals surface area contributed by atoms with Gasteiger partial charge in [-0.15, -0.1) is 11.3 Å². The Morgan fingerprint density at radius 3 is 2.71 bits per heavy atom. The molecule has 0 atom stereocenters. The average Bonchev–Trinajstić information content (AvgIpc) is 2.72. The molecule has 0 aliphatic heterocycles. The van der Waals surface area contributed by atoms with Gasteiger partial charge in [0.15, 0.2) is 0 Å². The van der Waals surface area contributed by atoms with Gasteiger partial charge in [-0.25, -0.2) is 4.98 Å². The number of aryl methyl sites for hydroxylation is 1. The number of methoxy groups -OCH3 is 1. The summed E-state index contributed by atoms with van der Waals surface area (Å²) in [6, 6.07) is 9.96. The van der Waals surface area contributed by atoms with Crippen LogP contribution in [0.5, 0.6) is 0 Å². The van der Waals surface area contributed by atoms with Gasteiger partial charge in [0, 0.05) is 10.4 Å². The molecule has 0 unspecified atom stereocenters. The van der Waals surface area contributed by atoms with E-state index in [1.807, 2.05) is 37.3 Å². The molecule has 88 valence electrons. The van der Waals surface area contributed by atoms with E-state index in [2.05, 4.69) is 9.72 Å². The maximum Gasteiger partial charge on any atom is 0.310 e. The van der Waals surface area contributed by atoms with Gasteiger partial charge in [0.25, 0.3) is 0 Å². The molecule has 0 saturated carbocycles. The molecule has 1 heterocycles. The zero-order valence-corrected chi connectivity index (χ0v) is 10.6. The standard InChI is InChI=1S/C13H13NO2S/c1-9-11(8-12(15)16-2)17-13(14-9)10-6-4-3-5-7-10/h3-7H,8H2,1-2H3. The minimum Gasteiger partial charge on any atom is -0.469 e. The SMILES string of the molecule is COC(=O)Cc1sc(-c2ccccc2)nc1C. The van der Waals surface area contributed by atoms with Gasteiger partial charge in [0.05, 0.1) is 19.2 Å². The van der Waals surface area contributed by atoms with Crippen LogP contribution < -0.4 is 0 Å². The molecule has 0 fully saturated rings. The fraction of sp³-hybridized carbons (Fsp3) is 0.231. The molecule has 1 aromatic carbocycles. The third kappa shape index (κ3) is 2.71. The van der Waals surface area contributed by atoms with Crippen LogP contribution in [0.4, 0.5) is 0 Å². The Balaban J connectivity index is 2.28. The summed E-state index contributed by atoms with van der Waals surface area (Å²) in [5, 5.41) is 0.946. The summed E-state index contributed by atoms with van der Waals surface area (Å²) >= 11 is 1.54. The van der Waals surface area contributed by atoms with E-state index in [0.717, 1.165) is 21.1 Å². The number of carbonyl (C=O) groups excluding carboxylic acids is 1. The zero-order valence-electron chi connectivity index (χ0n) is 9.77. The van der Waals surface area contributed by atoms with Crippen molar-refractivity contribution >= 4 is 17.3 Å². The number of rotatable bonds is 3. The molecular weight excluding hydrogens is 234 g/mol. The largest absolute Gasteiger partial charge is 0.469 e. The lowest BCUT2D eigenvalue weighted by atomic mass is 10.2. The molecule has 0 aliphatic rings. The van der Waals surface area contributed by atoms with Gasteiger partial charge in [-0.05, 0) is 6.92 Å². The Morgan fingerprint density at radius 2 is 2.06 bits per heavy atom. The summed E-state index contributed by atoms with van der Waals surface area (Å²) in [5.41, 5.74) is 1.98. The van der Waals surface area contributed by atoms with Crippen molar-refractivity contribution in [1.29, 1.82) is 0 Å². The van der Waals surface area contributed by atoms with Crippen LogP contribution in [0.1, 0.15) is 10.6 Å². The lowest BCUT2D eigenvalue weighted by Crippen LogP contribution is -2.03. The minimum atomic E-state index is -0.226. The predicted octanol–water partition coefficient (Wildman–Crippen LogP) is 2.83. The van der Waals surface area contributed by atoms with Crippen molar-refractivity contribution in [2.45, 2.75) is 13.3 Å². The Kier molecular flexibility index (Phi) is 3.54. The minimum absolute atomic E-state index is 0.226. The van der Waals surface area contributed by atoms with Crippen molar-refractivity contribution in [2.75, 3.05) is 7.11 Å². The average molecular weight is 247 g/mol. The van der Waals surface area contributed by atoms with Gasteiger partial charge in [-0.3, -0.25) is 4.79 Å². The fourth-order valence-corrected chi connectivity index (χ4v) is 2.55. The highest BCUT2D eigenvalue weighted by atomic mass is 32.1. The van der Waals surface area contributed by atoms with Crippen LogP contribution in [0.15, 0.2) is 30.3 Å². The topological polar surface area (TPSA) is 39.2 Å². The number of benzene rings is 1. The number of aromatic nitrogens is 1. The number of ether oxygens (including phenoxy) is 1. The number of carbonyl (C=O) groups is 1. The Hall–Kier alpha value is -1.68. The van der Waals surface area contributed by atoms with Gasteiger partial charge < -0.3 is 4.74 Å². The van der Waals surface area contributed by atoms with E-state index in [1.165, 1.54) is 7.11 Å². The van der Waals surface area contributed by atoms with Crippen LogP contribution in [0.3, 0.4) is 0 Å². The van der Waals surface area contributed by atoms with E-state index in [0.29, 0.717) is 6.42 Å². The highest BCUT2D eigenvalue weighted by Gasteiger charge is 2.12. The maximum atomic E-state index is 11.2. The second-order valence-corrected chi connectivity index (χ2v) is 4.73. The molecule has 0 bridgehead atoms. The summed E-state index contributed by atoms with van der Waals surface area (Å²) < 4.78 is 4.66. The zero-order chi connectivity index (χ0) is 12.3. The number of hydrogen-bond acceptors (Lipinski definition) is 4. The lowest BCUT2D eigenvalue weighted by molar-refractivity contribution is -0.139. The lowest BCUT2D eigenvalue weighted by Gasteiger charge is -1.95. The van der Waals surface area contributed by atoms with Crippen molar-refractivity contribution in [3.63, 3.8) is 0 Å². The molecule has 3 nitrogen and oxygen atoms in total. The molecule has 0 N–H and O–H groups in total. The van der Waals surface area contributed by atoms with E-state index in [-0.39, 0.29) is 5.97 Å². The number of nitrogens with zero attached hydrogens (tertiary/aromatic N) is 1. The Morgan fingerprint density at radius 1 is 1.35 bits per heavy atom. The first-order valence-electron chi connectivity index (χ1n) is 5.29. The van der Waals surface area contributed by atoms with Crippen LogP contribution in [0, 0.1) is 6.92 Å². The number of esters is 1. The first-order chi connectivity index (χ1) is 8.20. The summed E-state index contributed by atoms with van der Waals surface area (Å²) in [7, 11) is 1.40. The van der Waals surface area contributed by atoms with Gasteiger partial charge in [0.1, 0.15) is 5.01 Å². The van der Waals surface area contributed by atoms with Gasteiger partial charge in [-0.1, -0.05) is 30.3 Å². The van der Waals surface area contributed by atoms with E-state index >= 15 is 0 Å². The van der Waals surface area contributed by atoms with E-state index in [4.69, 9.17) is 0 Å². The third-order valence-corrected chi connectivity index (χ3v) is 3.65.